The molecule has 2 aliphatic rings. The van der Waals surface area contributed by atoms with Gasteiger partial charge in [0.15, 0.2) is 0 Å². The number of carbonyl (C=O) groups excluding carboxylic acids is 1. The molecule has 128 valence electrons. The molecule has 0 fully saturated rings. The highest BCUT2D eigenvalue weighted by atomic mass is 19.4. The second-order valence-corrected chi connectivity index (χ2v) is 6.01. The highest BCUT2D eigenvalue weighted by Gasteiger charge is 2.53. The molecular weight excluding hydrogens is 333 g/mol. The number of aromatic nitrogens is 2. The van der Waals surface area contributed by atoms with Gasteiger partial charge in [-0.2, -0.15) is 18.2 Å². The summed E-state index contributed by atoms with van der Waals surface area (Å²) in [7, 11) is 1.57. The number of aryl methyl sites for hydroxylation is 1. The Bertz CT molecular complexity index is 922. The quantitative estimate of drug-likeness (QED) is 0.794. The van der Waals surface area contributed by atoms with Crippen LogP contribution in [-0.4, -0.2) is 28.8 Å². The van der Waals surface area contributed by atoms with Gasteiger partial charge in [-0.25, -0.2) is 4.98 Å². The molecular formula is C17H13F3N4O. The Labute approximate surface area is 141 Å². The van der Waals surface area contributed by atoms with E-state index in [-0.39, 0.29) is 11.5 Å². The van der Waals surface area contributed by atoms with Crippen molar-refractivity contribution in [2.45, 2.75) is 24.4 Å². The fourth-order valence-electron chi connectivity index (χ4n) is 3.62. The number of hydrogen-bond donors (Lipinski definition) is 1. The molecule has 0 unspecified atom stereocenters. The van der Waals surface area contributed by atoms with E-state index in [0.717, 1.165) is 6.07 Å². The van der Waals surface area contributed by atoms with Crippen molar-refractivity contribution in [1.82, 2.24) is 15.3 Å². The number of pyridine rings is 2. The smallest absolute Gasteiger partial charge is 0.372 e. The van der Waals surface area contributed by atoms with Crippen molar-refractivity contribution in [2.24, 2.45) is 4.99 Å². The molecule has 2 aromatic heterocycles. The number of hydrogen-bond acceptors (Lipinski definition) is 4. The Kier molecular flexibility index (Phi) is 3.22. The number of nitrogens with one attached hydrogen (secondary N) is 1. The van der Waals surface area contributed by atoms with Crippen LogP contribution in [-0.2, 0) is 22.8 Å². The van der Waals surface area contributed by atoms with E-state index in [4.69, 9.17) is 0 Å². The summed E-state index contributed by atoms with van der Waals surface area (Å²) in [6.07, 6.45) is -2.19. The molecule has 1 N–H and O–H groups in total. The molecule has 1 spiro atoms. The van der Waals surface area contributed by atoms with Crippen LogP contribution < -0.4 is 5.32 Å². The number of amides is 1. The largest absolute Gasteiger partial charge is 0.433 e. The predicted molar refractivity (Wildman–Crippen MR) is 83.2 cm³/mol. The summed E-state index contributed by atoms with van der Waals surface area (Å²) in [5.74, 6) is -0.285. The Morgan fingerprint density at radius 1 is 1.24 bits per heavy atom. The van der Waals surface area contributed by atoms with Gasteiger partial charge in [-0.1, -0.05) is 6.07 Å². The number of fused-ring (bicyclic) bond motifs is 4. The lowest BCUT2D eigenvalue weighted by atomic mass is 9.74. The van der Waals surface area contributed by atoms with Gasteiger partial charge in [0.1, 0.15) is 16.9 Å². The maximum atomic E-state index is 13.2. The van der Waals surface area contributed by atoms with Gasteiger partial charge in [0, 0.05) is 24.5 Å². The van der Waals surface area contributed by atoms with Crippen molar-refractivity contribution < 1.29 is 18.0 Å². The van der Waals surface area contributed by atoms with Crippen LogP contribution in [0.25, 0.3) is 0 Å². The molecule has 2 aromatic rings. The van der Waals surface area contributed by atoms with E-state index in [1.54, 1.807) is 25.4 Å². The van der Waals surface area contributed by atoms with Gasteiger partial charge in [-0.15, -0.1) is 0 Å². The lowest BCUT2D eigenvalue weighted by Crippen LogP contribution is -2.43. The monoisotopic (exact) mass is 346 g/mol. The number of alkyl halides is 3. The van der Waals surface area contributed by atoms with Gasteiger partial charge in [0.2, 0.25) is 0 Å². The van der Waals surface area contributed by atoms with Crippen molar-refractivity contribution in [3.05, 3.63) is 58.7 Å². The van der Waals surface area contributed by atoms with Crippen molar-refractivity contribution in [3.8, 4) is 0 Å². The van der Waals surface area contributed by atoms with Gasteiger partial charge < -0.3 is 5.32 Å². The van der Waals surface area contributed by atoms with Crippen LogP contribution >= 0.6 is 0 Å². The van der Waals surface area contributed by atoms with Crippen LogP contribution in [0.2, 0.25) is 0 Å². The lowest BCUT2D eigenvalue weighted by Gasteiger charge is -2.32. The Morgan fingerprint density at radius 2 is 2.04 bits per heavy atom. The molecule has 1 aliphatic heterocycles. The fraction of sp³-hybridized carbons (Fsp3) is 0.294. The van der Waals surface area contributed by atoms with Crippen molar-refractivity contribution in [1.29, 1.82) is 0 Å². The van der Waals surface area contributed by atoms with E-state index < -0.39 is 23.2 Å². The molecule has 25 heavy (non-hydrogen) atoms. The topological polar surface area (TPSA) is 67.2 Å². The highest BCUT2D eigenvalue weighted by molar-refractivity contribution is 6.13. The first kappa shape index (κ1) is 15.7. The number of carbonyl (C=O) groups is 1. The molecule has 0 radical (unpaired) electrons. The summed E-state index contributed by atoms with van der Waals surface area (Å²) in [6.45, 7) is 0. The Balaban J connectivity index is 2.04. The third kappa shape index (κ3) is 2.09. The number of halogens is 3. The molecule has 1 amide bonds. The molecule has 1 atom stereocenters. The van der Waals surface area contributed by atoms with Crippen molar-refractivity contribution in [3.63, 3.8) is 0 Å². The predicted octanol–water partition coefficient (Wildman–Crippen LogP) is 2.23. The average Bonchev–Trinajstić information content (AvgIpc) is 2.98. The summed E-state index contributed by atoms with van der Waals surface area (Å²) < 4.78 is 39.6. The van der Waals surface area contributed by atoms with Crippen LogP contribution in [0.3, 0.4) is 0 Å². The maximum Gasteiger partial charge on any atom is 0.433 e. The summed E-state index contributed by atoms with van der Waals surface area (Å²) in [5, 5.41) is 2.77. The average molecular weight is 346 g/mol. The minimum absolute atomic E-state index is 0.0958. The number of nitrogens with zero attached hydrogens (tertiary/aromatic N) is 3. The SMILES string of the molecule is CNC1=NC(=O)[C@@]2(CCc3ncccc32)c2nc(C(F)(F)F)ccc21. The van der Waals surface area contributed by atoms with Gasteiger partial charge in [0.25, 0.3) is 5.91 Å². The van der Waals surface area contributed by atoms with Gasteiger partial charge in [-0.3, -0.25) is 9.78 Å². The molecule has 0 bridgehead atoms. The zero-order chi connectivity index (χ0) is 17.8. The maximum absolute atomic E-state index is 13.2. The third-order valence-corrected chi connectivity index (χ3v) is 4.75. The van der Waals surface area contributed by atoms with E-state index in [9.17, 15) is 18.0 Å². The first-order valence-electron chi connectivity index (χ1n) is 7.72. The van der Waals surface area contributed by atoms with Crippen LogP contribution in [0.15, 0.2) is 35.5 Å². The minimum atomic E-state index is -4.59. The second-order valence-electron chi connectivity index (χ2n) is 6.01. The van der Waals surface area contributed by atoms with Crippen LogP contribution in [0.1, 0.15) is 34.6 Å². The Hall–Kier alpha value is -2.77. The summed E-state index contributed by atoms with van der Waals surface area (Å²) in [6, 6.07) is 5.62. The molecule has 0 saturated carbocycles. The van der Waals surface area contributed by atoms with E-state index in [1.165, 1.54) is 6.07 Å². The molecule has 8 heteroatoms. The standard InChI is InChI=1S/C17H13F3N4O/c1-21-14-9-4-5-12(17(18,19)20)23-13(9)16(15(25)24-14)7-6-11-10(16)3-2-8-22-11/h2-5,8H,6-7H2,1H3,(H,21,24,25)/t16-/m1/s1. The number of aliphatic imine (C=N–C) groups is 1. The summed E-state index contributed by atoms with van der Waals surface area (Å²) in [5.41, 5.74) is -0.532. The minimum Gasteiger partial charge on any atom is -0.372 e. The van der Waals surface area contributed by atoms with Gasteiger partial charge in [-0.05, 0) is 36.6 Å². The van der Waals surface area contributed by atoms with E-state index in [0.29, 0.717) is 29.7 Å². The van der Waals surface area contributed by atoms with Gasteiger partial charge >= 0.3 is 6.18 Å². The molecule has 1 aliphatic carbocycles. The normalized spacial score (nSPS) is 21.8. The molecule has 5 nitrogen and oxygen atoms in total. The first-order valence-corrected chi connectivity index (χ1v) is 7.72. The van der Waals surface area contributed by atoms with Crippen LogP contribution in [0, 0.1) is 0 Å². The van der Waals surface area contributed by atoms with E-state index >= 15 is 0 Å². The molecule has 0 saturated heterocycles. The number of amidine groups is 1. The highest BCUT2D eigenvalue weighted by Crippen LogP contribution is 2.47. The first-order chi connectivity index (χ1) is 11.9. The second kappa shape index (κ2) is 5.11. The van der Waals surface area contributed by atoms with E-state index in [2.05, 4.69) is 20.3 Å². The van der Waals surface area contributed by atoms with Crippen molar-refractivity contribution >= 4 is 11.7 Å². The van der Waals surface area contributed by atoms with Crippen LogP contribution in [0.5, 0.6) is 0 Å². The number of rotatable bonds is 0. The zero-order valence-corrected chi connectivity index (χ0v) is 13.2. The zero-order valence-electron chi connectivity index (χ0n) is 13.2. The fourth-order valence-corrected chi connectivity index (χ4v) is 3.62. The lowest BCUT2D eigenvalue weighted by molar-refractivity contribution is -0.141. The van der Waals surface area contributed by atoms with Gasteiger partial charge in [0.05, 0.1) is 5.69 Å². The molecule has 4 rings (SSSR count). The summed E-state index contributed by atoms with van der Waals surface area (Å²) in [4.78, 5) is 25.1. The molecule has 0 aromatic carbocycles. The van der Waals surface area contributed by atoms with E-state index in [1.807, 2.05) is 0 Å². The third-order valence-electron chi connectivity index (χ3n) is 4.75. The Morgan fingerprint density at radius 3 is 2.76 bits per heavy atom. The summed E-state index contributed by atoms with van der Waals surface area (Å²) >= 11 is 0. The molecule has 3 heterocycles. The van der Waals surface area contributed by atoms with Crippen molar-refractivity contribution in [2.75, 3.05) is 7.05 Å². The van der Waals surface area contributed by atoms with Crippen LogP contribution in [0.4, 0.5) is 13.2 Å².